The molecule has 5 nitrogen and oxygen atoms in total. The van der Waals surface area contributed by atoms with Gasteiger partial charge in [-0.15, -0.1) is 0 Å². The van der Waals surface area contributed by atoms with Gasteiger partial charge in [-0.1, -0.05) is 69.5 Å². The highest BCUT2D eigenvalue weighted by molar-refractivity contribution is 9.10. The smallest absolute Gasteiger partial charge is 0.341 e. The number of carbonyl (C=O) groups excluding carboxylic acids is 1. The lowest BCUT2D eigenvalue weighted by atomic mass is 10.2. The third-order valence-corrected chi connectivity index (χ3v) is 4.67. The highest BCUT2D eigenvalue weighted by Gasteiger charge is 2.18. The van der Waals surface area contributed by atoms with Crippen molar-refractivity contribution in [1.82, 2.24) is 4.98 Å². The summed E-state index contributed by atoms with van der Waals surface area (Å²) < 4.78 is 17.0. The van der Waals surface area contributed by atoms with E-state index in [1.54, 1.807) is 12.1 Å². The van der Waals surface area contributed by atoms with E-state index in [0.717, 1.165) is 5.56 Å². The summed E-state index contributed by atoms with van der Waals surface area (Å²) >= 11 is 15.7. The zero-order valence-electron chi connectivity index (χ0n) is 14.6. The van der Waals surface area contributed by atoms with E-state index in [1.807, 2.05) is 30.3 Å². The fraction of sp³-hybridized carbons (Fsp3) is 0.100. The first-order valence-electron chi connectivity index (χ1n) is 8.05. The van der Waals surface area contributed by atoms with Crippen LogP contribution in [0.25, 0.3) is 0 Å². The number of ether oxygens (including phenoxy) is 3. The van der Waals surface area contributed by atoms with Crippen molar-refractivity contribution < 1.29 is 19.0 Å². The molecule has 0 aliphatic carbocycles. The number of aromatic nitrogens is 1. The Morgan fingerprint density at radius 1 is 1.11 bits per heavy atom. The fourth-order valence-electron chi connectivity index (χ4n) is 2.33. The highest BCUT2D eigenvalue weighted by Crippen LogP contribution is 2.39. The van der Waals surface area contributed by atoms with E-state index in [0.29, 0.717) is 14.5 Å². The molecular formula is C20H14BrCl2NO4. The largest absolute Gasteiger partial charge is 0.486 e. The number of halogens is 3. The van der Waals surface area contributed by atoms with Gasteiger partial charge in [0, 0.05) is 10.5 Å². The van der Waals surface area contributed by atoms with Gasteiger partial charge < -0.3 is 14.2 Å². The summed E-state index contributed by atoms with van der Waals surface area (Å²) in [5.74, 6) is 0.0470. The summed E-state index contributed by atoms with van der Waals surface area (Å²) in [5, 5.41) is 0.593. The molecule has 0 saturated heterocycles. The predicted molar refractivity (Wildman–Crippen MR) is 111 cm³/mol. The molecule has 0 aliphatic rings. The fourth-order valence-corrected chi connectivity index (χ4v) is 3.62. The van der Waals surface area contributed by atoms with Crippen LogP contribution in [0.2, 0.25) is 10.0 Å². The standard InChI is InChI=1S/C20H14BrCl2NO4/c1-26-20(25)14-9-18(28-19-15(22)7-13(21)8-16(19)23)24-10-17(14)27-11-12-5-3-2-4-6-12/h2-10H,11H2,1H3. The quantitative estimate of drug-likeness (QED) is 0.385. The van der Waals surface area contributed by atoms with Crippen LogP contribution in [0.5, 0.6) is 17.4 Å². The van der Waals surface area contributed by atoms with Crippen LogP contribution in [0, 0.1) is 0 Å². The Morgan fingerprint density at radius 3 is 2.43 bits per heavy atom. The first-order chi connectivity index (χ1) is 13.5. The van der Waals surface area contributed by atoms with Crippen LogP contribution in [-0.2, 0) is 11.3 Å². The van der Waals surface area contributed by atoms with Crippen molar-refractivity contribution in [3.8, 4) is 17.4 Å². The monoisotopic (exact) mass is 481 g/mol. The van der Waals surface area contributed by atoms with Crippen LogP contribution in [-0.4, -0.2) is 18.1 Å². The van der Waals surface area contributed by atoms with Gasteiger partial charge in [-0.3, -0.25) is 0 Å². The van der Waals surface area contributed by atoms with Crippen LogP contribution in [0.4, 0.5) is 0 Å². The molecule has 3 rings (SSSR count). The van der Waals surface area contributed by atoms with Crippen LogP contribution >= 0.6 is 39.1 Å². The average Bonchev–Trinajstić information content (AvgIpc) is 2.69. The van der Waals surface area contributed by atoms with Gasteiger partial charge in [0.15, 0.2) is 11.5 Å². The van der Waals surface area contributed by atoms with E-state index in [4.69, 9.17) is 37.4 Å². The second-order valence-corrected chi connectivity index (χ2v) is 7.32. The molecule has 1 aromatic heterocycles. The zero-order chi connectivity index (χ0) is 20.1. The molecule has 0 aliphatic heterocycles. The van der Waals surface area contributed by atoms with Gasteiger partial charge in [0.05, 0.1) is 23.4 Å². The summed E-state index contributed by atoms with van der Waals surface area (Å²) in [6, 6.07) is 14.3. The maximum absolute atomic E-state index is 12.2. The zero-order valence-corrected chi connectivity index (χ0v) is 17.7. The molecule has 0 fully saturated rings. The van der Waals surface area contributed by atoms with E-state index >= 15 is 0 Å². The molecule has 0 bridgehead atoms. The Bertz CT molecular complexity index is 976. The molecule has 28 heavy (non-hydrogen) atoms. The molecule has 0 saturated carbocycles. The molecule has 2 aromatic carbocycles. The van der Waals surface area contributed by atoms with Crippen LogP contribution in [0.15, 0.2) is 59.2 Å². The Balaban J connectivity index is 1.87. The van der Waals surface area contributed by atoms with E-state index in [1.165, 1.54) is 19.4 Å². The van der Waals surface area contributed by atoms with Crippen LogP contribution < -0.4 is 9.47 Å². The summed E-state index contributed by atoms with van der Waals surface area (Å²) in [7, 11) is 1.28. The second-order valence-electron chi connectivity index (χ2n) is 5.59. The molecule has 3 aromatic rings. The molecule has 0 unspecified atom stereocenters. The molecule has 0 radical (unpaired) electrons. The summed E-state index contributed by atoms with van der Waals surface area (Å²) in [4.78, 5) is 16.4. The van der Waals surface area contributed by atoms with Crippen molar-refractivity contribution >= 4 is 45.1 Å². The van der Waals surface area contributed by atoms with E-state index < -0.39 is 5.97 Å². The lowest BCUT2D eigenvalue weighted by molar-refractivity contribution is 0.0595. The number of esters is 1. The number of benzene rings is 2. The molecule has 144 valence electrons. The number of hydrogen-bond donors (Lipinski definition) is 0. The minimum absolute atomic E-state index is 0.124. The molecule has 0 N–H and O–H groups in total. The maximum Gasteiger partial charge on any atom is 0.341 e. The minimum atomic E-state index is -0.580. The lowest BCUT2D eigenvalue weighted by Gasteiger charge is -2.13. The van der Waals surface area contributed by atoms with Gasteiger partial charge in [-0.25, -0.2) is 9.78 Å². The normalized spacial score (nSPS) is 10.4. The van der Waals surface area contributed by atoms with Gasteiger partial charge in [-0.05, 0) is 17.7 Å². The highest BCUT2D eigenvalue weighted by atomic mass is 79.9. The Kier molecular flexibility index (Phi) is 6.78. The van der Waals surface area contributed by atoms with Gasteiger partial charge in [0.25, 0.3) is 0 Å². The first-order valence-corrected chi connectivity index (χ1v) is 9.60. The predicted octanol–water partition coefficient (Wildman–Crippen LogP) is 6.31. The molecule has 1 heterocycles. The van der Waals surface area contributed by atoms with Gasteiger partial charge in [0.1, 0.15) is 12.2 Å². The lowest BCUT2D eigenvalue weighted by Crippen LogP contribution is -2.07. The number of carbonyl (C=O) groups is 1. The van der Waals surface area contributed by atoms with Crippen molar-refractivity contribution in [2.75, 3.05) is 7.11 Å². The number of rotatable bonds is 6. The number of nitrogens with zero attached hydrogens (tertiary/aromatic N) is 1. The van der Waals surface area contributed by atoms with Gasteiger partial charge in [0.2, 0.25) is 5.88 Å². The Labute approximate surface area is 180 Å². The van der Waals surface area contributed by atoms with E-state index in [9.17, 15) is 4.79 Å². The topological polar surface area (TPSA) is 57.7 Å². The van der Waals surface area contributed by atoms with E-state index in [2.05, 4.69) is 20.9 Å². The van der Waals surface area contributed by atoms with Crippen molar-refractivity contribution in [1.29, 1.82) is 0 Å². The molecule has 0 amide bonds. The molecular weight excluding hydrogens is 469 g/mol. The molecule has 0 atom stereocenters. The maximum atomic E-state index is 12.2. The van der Waals surface area contributed by atoms with Crippen LogP contribution in [0.3, 0.4) is 0 Å². The third kappa shape index (κ3) is 4.95. The Hall–Kier alpha value is -2.28. The van der Waals surface area contributed by atoms with Crippen molar-refractivity contribution in [3.63, 3.8) is 0 Å². The SMILES string of the molecule is COC(=O)c1cc(Oc2c(Cl)cc(Br)cc2Cl)ncc1OCc1ccccc1. The van der Waals surface area contributed by atoms with E-state index in [-0.39, 0.29) is 29.5 Å². The summed E-state index contributed by atoms with van der Waals surface area (Å²) in [6.07, 6.45) is 1.39. The third-order valence-electron chi connectivity index (χ3n) is 3.65. The summed E-state index contributed by atoms with van der Waals surface area (Å²) in [6.45, 7) is 0.275. The number of methoxy groups -OCH3 is 1. The minimum Gasteiger partial charge on any atom is -0.486 e. The number of hydrogen-bond acceptors (Lipinski definition) is 5. The Morgan fingerprint density at radius 2 is 1.79 bits per heavy atom. The molecule has 8 heteroatoms. The number of pyridine rings is 1. The second kappa shape index (κ2) is 9.28. The first kappa shape index (κ1) is 20.5. The van der Waals surface area contributed by atoms with Crippen molar-refractivity contribution in [3.05, 3.63) is 80.4 Å². The van der Waals surface area contributed by atoms with Crippen molar-refractivity contribution in [2.45, 2.75) is 6.61 Å². The van der Waals surface area contributed by atoms with Crippen LogP contribution in [0.1, 0.15) is 15.9 Å². The molecule has 0 spiro atoms. The van der Waals surface area contributed by atoms with Gasteiger partial charge >= 0.3 is 5.97 Å². The van der Waals surface area contributed by atoms with Gasteiger partial charge in [-0.2, -0.15) is 0 Å². The van der Waals surface area contributed by atoms with Crippen molar-refractivity contribution in [2.24, 2.45) is 0 Å². The summed E-state index contributed by atoms with van der Waals surface area (Å²) in [5.41, 5.74) is 1.12. The average molecular weight is 483 g/mol.